The Morgan fingerprint density at radius 3 is 2.21 bits per heavy atom. The largest absolute Gasteiger partial charge is 0.508 e. The van der Waals surface area contributed by atoms with E-state index in [0.29, 0.717) is 22.6 Å². The molecule has 7 nitrogen and oxygen atoms in total. The molecule has 0 saturated carbocycles. The van der Waals surface area contributed by atoms with Gasteiger partial charge in [0.1, 0.15) is 17.2 Å². The van der Waals surface area contributed by atoms with Crippen LogP contribution in [0.3, 0.4) is 0 Å². The van der Waals surface area contributed by atoms with Crippen LogP contribution < -0.4 is 9.47 Å². The van der Waals surface area contributed by atoms with E-state index in [9.17, 15) is 19.9 Å². The number of aliphatic hydroxyl groups excluding tert-OH is 1. The Kier molecular flexibility index (Phi) is 7.10. The molecule has 2 rings (SSSR count). The van der Waals surface area contributed by atoms with E-state index in [1.54, 1.807) is 30.3 Å². The van der Waals surface area contributed by atoms with E-state index in [1.165, 1.54) is 44.6 Å². The zero-order valence-corrected chi connectivity index (χ0v) is 15.3. The first kappa shape index (κ1) is 20.4. The van der Waals surface area contributed by atoms with Gasteiger partial charge in [-0.3, -0.25) is 4.79 Å². The summed E-state index contributed by atoms with van der Waals surface area (Å²) in [6, 6.07) is 9.36. The summed E-state index contributed by atoms with van der Waals surface area (Å²) in [5, 5.41) is 22.3. The number of methoxy groups -OCH3 is 2. The molecule has 0 unspecified atom stereocenters. The molecule has 0 aliphatic carbocycles. The summed E-state index contributed by atoms with van der Waals surface area (Å²) in [7, 11) is 2.85. The number of hydrogen-bond acceptors (Lipinski definition) is 7. The number of ketones is 1. The topological polar surface area (TPSA) is 105 Å². The molecule has 0 fully saturated rings. The predicted molar refractivity (Wildman–Crippen MR) is 107 cm³/mol. The van der Waals surface area contributed by atoms with Crippen LogP contribution in [-0.2, 0) is 4.79 Å². The molecule has 0 spiro atoms. The molecule has 28 heavy (non-hydrogen) atoms. The first-order valence-electron chi connectivity index (χ1n) is 8.16. The number of hydrogen-bond donors (Lipinski definition) is 2. The van der Waals surface area contributed by atoms with Crippen LogP contribution in [0.5, 0.6) is 17.2 Å². The summed E-state index contributed by atoms with van der Waals surface area (Å²) in [6.07, 6.45) is 6.78. The number of carbonyl (C=O) groups is 1. The maximum atomic E-state index is 11.9. The van der Waals surface area contributed by atoms with Crippen molar-refractivity contribution in [1.29, 1.82) is 0 Å². The minimum atomic E-state index is -0.424. The van der Waals surface area contributed by atoms with Gasteiger partial charge in [-0.1, -0.05) is 24.3 Å². The van der Waals surface area contributed by atoms with Crippen molar-refractivity contribution in [3.8, 4) is 17.2 Å². The quantitative estimate of drug-likeness (QED) is 0.301. The van der Waals surface area contributed by atoms with Crippen LogP contribution in [0.2, 0.25) is 0 Å². The number of aliphatic hydroxyl groups is 1. The molecule has 0 radical (unpaired) electrons. The molecule has 2 aromatic carbocycles. The van der Waals surface area contributed by atoms with Crippen LogP contribution in [0.4, 0.5) is 5.69 Å². The summed E-state index contributed by atoms with van der Waals surface area (Å²) < 4.78 is 10.1. The monoisotopic (exact) mass is 381 g/mol. The number of nitroso groups, excluding NO2 is 1. The first-order valence-corrected chi connectivity index (χ1v) is 8.16. The fourth-order valence-corrected chi connectivity index (χ4v) is 2.27. The molecule has 0 aliphatic rings. The molecule has 0 aromatic heterocycles. The number of phenolic OH excluding ortho intramolecular Hbond substituents is 1. The van der Waals surface area contributed by atoms with Crippen molar-refractivity contribution in [3.05, 3.63) is 76.4 Å². The van der Waals surface area contributed by atoms with Crippen molar-refractivity contribution in [3.63, 3.8) is 0 Å². The van der Waals surface area contributed by atoms with E-state index in [1.807, 2.05) is 0 Å². The van der Waals surface area contributed by atoms with Gasteiger partial charge in [0.2, 0.25) is 0 Å². The van der Waals surface area contributed by atoms with Gasteiger partial charge in [-0.05, 0) is 52.7 Å². The summed E-state index contributed by atoms with van der Waals surface area (Å²) in [4.78, 5) is 22.6. The Morgan fingerprint density at radius 2 is 1.57 bits per heavy atom. The predicted octanol–water partition coefficient (Wildman–Crippen LogP) is 4.54. The molecular formula is C21H19NO6. The van der Waals surface area contributed by atoms with E-state index in [4.69, 9.17) is 9.47 Å². The SMILES string of the molecule is COc1cc(/C=C/C(=O)/C=C(O)/C=C/c2ccc(N=O)c(OC)c2)ccc1O. The van der Waals surface area contributed by atoms with Gasteiger partial charge >= 0.3 is 0 Å². The highest BCUT2D eigenvalue weighted by molar-refractivity contribution is 6.02. The Bertz CT molecular complexity index is 959. The highest BCUT2D eigenvalue weighted by atomic mass is 16.5. The Balaban J connectivity index is 2.07. The molecule has 144 valence electrons. The van der Waals surface area contributed by atoms with Crippen molar-refractivity contribution >= 4 is 23.6 Å². The highest BCUT2D eigenvalue weighted by Crippen LogP contribution is 2.28. The number of nitrogens with zero attached hydrogens (tertiary/aromatic N) is 1. The van der Waals surface area contributed by atoms with E-state index < -0.39 is 5.78 Å². The molecule has 7 heteroatoms. The Labute approximate surface area is 161 Å². The lowest BCUT2D eigenvalue weighted by atomic mass is 10.1. The minimum absolute atomic E-state index is 0.00207. The molecule has 2 N–H and O–H groups in total. The van der Waals surface area contributed by atoms with E-state index >= 15 is 0 Å². The minimum Gasteiger partial charge on any atom is -0.508 e. The molecule has 0 atom stereocenters. The number of allylic oxidation sites excluding steroid dienone is 3. The third-order valence-electron chi connectivity index (χ3n) is 3.68. The molecule has 0 bridgehead atoms. The van der Waals surface area contributed by atoms with Crippen molar-refractivity contribution in [2.45, 2.75) is 0 Å². The van der Waals surface area contributed by atoms with Gasteiger partial charge in [0.05, 0.1) is 14.2 Å². The molecule has 0 aliphatic heterocycles. The molecule has 2 aromatic rings. The van der Waals surface area contributed by atoms with Crippen LogP contribution in [0.15, 0.2) is 65.6 Å². The molecule has 0 heterocycles. The number of carbonyl (C=O) groups excluding carboxylic acids is 1. The highest BCUT2D eigenvalue weighted by Gasteiger charge is 2.03. The summed E-state index contributed by atoms with van der Waals surface area (Å²) in [5.41, 5.74) is 1.48. The van der Waals surface area contributed by atoms with Gasteiger partial charge in [-0.2, -0.15) is 0 Å². The second-order valence-corrected chi connectivity index (χ2v) is 5.59. The number of phenols is 1. The lowest BCUT2D eigenvalue weighted by Gasteiger charge is -2.03. The second-order valence-electron chi connectivity index (χ2n) is 5.59. The first-order chi connectivity index (χ1) is 13.5. The Hall–Kier alpha value is -3.87. The number of aromatic hydroxyl groups is 1. The lowest BCUT2D eigenvalue weighted by Crippen LogP contribution is -1.89. The second kappa shape index (κ2) is 9.72. The van der Waals surface area contributed by atoms with Gasteiger partial charge in [0, 0.05) is 6.08 Å². The molecule has 0 saturated heterocycles. The lowest BCUT2D eigenvalue weighted by molar-refractivity contribution is -0.110. The van der Waals surface area contributed by atoms with Crippen LogP contribution in [0.25, 0.3) is 12.2 Å². The van der Waals surface area contributed by atoms with Gasteiger partial charge in [0.15, 0.2) is 17.3 Å². The third kappa shape index (κ3) is 5.57. The maximum Gasteiger partial charge on any atom is 0.182 e. The number of rotatable bonds is 8. The van der Waals surface area contributed by atoms with Crippen LogP contribution >= 0.6 is 0 Å². The average molecular weight is 381 g/mol. The fourth-order valence-electron chi connectivity index (χ4n) is 2.27. The van der Waals surface area contributed by atoms with Gasteiger partial charge in [-0.25, -0.2) is 0 Å². The smallest absolute Gasteiger partial charge is 0.182 e. The normalized spacial score (nSPS) is 11.7. The van der Waals surface area contributed by atoms with E-state index in [-0.39, 0.29) is 17.2 Å². The van der Waals surface area contributed by atoms with Crippen molar-refractivity contribution < 1.29 is 24.5 Å². The van der Waals surface area contributed by atoms with Crippen LogP contribution in [0.1, 0.15) is 11.1 Å². The maximum absolute atomic E-state index is 11.9. The zero-order valence-electron chi connectivity index (χ0n) is 15.3. The van der Waals surface area contributed by atoms with Gasteiger partial charge in [0.25, 0.3) is 0 Å². The summed E-state index contributed by atoms with van der Waals surface area (Å²) in [6.45, 7) is 0. The Morgan fingerprint density at radius 1 is 0.964 bits per heavy atom. The van der Waals surface area contributed by atoms with Gasteiger partial charge in [-0.15, -0.1) is 4.91 Å². The van der Waals surface area contributed by atoms with Crippen LogP contribution in [0, 0.1) is 4.91 Å². The molecular weight excluding hydrogens is 362 g/mol. The zero-order chi connectivity index (χ0) is 20.5. The van der Waals surface area contributed by atoms with Crippen LogP contribution in [-0.4, -0.2) is 30.2 Å². The summed E-state index contributed by atoms with van der Waals surface area (Å²) in [5.74, 6) is -0.0601. The third-order valence-corrected chi connectivity index (χ3v) is 3.68. The molecule has 0 amide bonds. The number of ether oxygens (including phenoxy) is 2. The van der Waals surface area contributed by atoms with E-state index in [0.717, 1.165) is 6.08 Å². The van der Waals surface area contributed by atoms with E-state index in [2.05, 4.69) is 5.18 Å². The van der Waals surface area contributed by atoms with Crippen molar-refractivity contribution in [2.24, 2.45) is 5.18 Å². The average Bonchev–Trinajstić information content (AvgIpc) is 2.71. The number of benzene rings is 2. The fraction of sp³-hybridized carbons (Fsp3) is 0.0952. The summed E-state index contributed by atoms with van der Waals surface area (Å²) >= 11 is 0. The van der Waals surface area contributed by atoms with Gasteiger partial charge < -0.3 is 19.7 Å². The van der Waals surface area contributed by atoms with Crippen molar-refractivity contribution in [1.82, 2.24) is 0 Å². The standard InChI is InChI=1S/C21H19NO6/c1-27-20-11-14(5-9-18(20)22-26)3-7-16(23)13-17(24)8-4-15-6-10-19(25)21(12-15)28-2/h3-13,23,25H,1-2H3/b7-3+,8-4+,16-13-. The van der Waals surface area contributed by atoms with Crippen molar-refractivity contribution in [2.75, 3.05) is 14.2 Å².